The van der Waals surface area contributed by atoms with Crippen LogP contribution in [0.1, 0.15) is 52.3 Å². The molecule has 0 radical (unpaired) electrons. The molecular weight excluding hydrogens is 426 g/mol. The number of carbonyl (C=O) groups excluding carboxylic acids is 1. The Hall–Kier alpha value is -3.74. The van der Waals surface area contributed by atoms with Gasteiger partial charge in [-0.2, -0.15) is 10.2 Å². The zero-order chi connectivity index (χ0) is 24.1. The maximum atomic E-state index is 13.6. The van der Waals surface area contributed by atoms with Crippen molar-refractivity contribution in [3.05, 3.63) is 80.4 Å². The van der Waals surface area contributed by atoms with Gasteiger partial charge in [0.25, 0.3) is 5.56 Å². The Morgan fingerprint density at radius 3 is 2.32 bits per heavy atom. The van der Waals surface area contributed by atoms with Crippen LogP contribution in [0.2, 0.25) is 0 Å². The van der Waals surface area contributed by atoms with Gasteiger partial charge in [0.15, 0.2) is 0 Å². The molecule has 7 heteroatoms. The van der Waals surface area contributed by atoms with Crippen LogP contribution in [0.25, 0.3) is 16.6 Å². The molecule has 1 aliphatic rings. The van der Waals surface area contributed by atoms with Crippen LogP contribution in [0.3, 0.4) is 0 Å². The highest BCUT2D eigenvalue weighted by Gasteiger charge is 2.30. The van der Waals surface area contributed by atoms with E-state index < -0.39 is 0 Å². The van der Waals surface area contributed by atoms with Crippen molar-refractivity contribution in [2.75, 3.05) is 5.32 Å². The van der Waals surface area contributed by atoms with Crippen molar-refractivity contribution in [2.45, 2.75) is 59.9 Å². The molecule has 5 rings (SSSR count). The average molecular weight is 456 g/mol. The third-order valence-corrected chi connectivity index (χ3v) is 6.49. The van der Waals surface area contributed by atoms with Gasteiger partial charge in [0.1, 0.15) is 12.1 Å². The first-order chi connectivity index (χ1) is 16.2. The van der Waals surface area contributed by atoms with E-state index in [2.05, 4.69) is 21.6 Å². The summed E-state index contributed by atoms with van der Waals surface area (Å²) in [5.41, 5.74) is 7.95. The Morgan fingerprint density at radius 1 is 1.00 bits per heavy atom. The Balaban J connectivity index is 1.57. The monoisotopic (exact) mass is 455 g/mol. The van der Waals surface area contributed by atoms with Crippen LogP contribution in [0.5, 0.6) is 0 Å². The number of hydrogen-bond donors (Lipinski definition) is 1. The summed E-state index contributed by atoms with van der Waals surface area (Å²) >= 11 is 0. The standard InChI is InChI=1S/C27H29N5O2/c1-15-6-9-22(17(3)10-15)32-26-21(13-28-32)25(20-7-8-20)30-31(27(26)34)14-23(33)29-24-18(4)11-16(2)12-19(24)5/h6,9-13,20H,7-8,14H2,1-5H3,(H,29,33). The predicted molar refractivity (Wildman–Crippen MR) is 134 cm³/mol. The van der Waals surface area contributed by atoms with Crippen LogP contribution >= 0.6 is 0 Å². The lowest BCUT2D eigenvalue weighted by Gasteiger charge is -2.14. The van der Waals surface area contributed by atoms with Crippen LogP contribution in [-0.4, -0.2) is 25.5 Å². The molecule has 0 atom stereocenters. The second kappa shape index (κ2) is 8.24. The zero-order valence-electron chi connectivity index (χ0n) is 20.3. The van der Waals surface area contributed by atoms with Gasteiger partial charge >= 0.3 is 0 Å². The highest BCUT2D eigenvalue weighted by molar-refractivity contribution is 5.92. The highest BCUT2D eigenvalue weighted by atomic mass is 16.2. The van der Waals surface area contributed by atoms with Crippen LogP contribution in [-0.2, 0) is 11.3 Å². The first kappa shape index (κ1) is 22.1. The SMILES string of the molecule is Cc1ccc(-n2ncc3c(C4CC4)nn(CC(=O)Nc4c(C)cc(C)cc4C)c(=O)c32)c(C)c1. The molecule has 0 unspecified atom stereocenters. The molecule has 0 aliphatic heterocycles. The maximum Gasteiger partial charge on any atom is 0.293 e. The van der Waals surface area contributed by atoms with E-state index in [-0.39, 0.29) is 18.0 Å². The number of rotatable bonds is 5. The smallest absolute Gasteiger partial charge is 0.293 e. The number of nitrogens with zero attached hydrogens (tertiary/aromatic N) is 4. The number of aryl methyl sites for hydroxylation is 5. The summed E-state index contributed by atoms with van der Waals surface area (Å²) in [6.07, 6.45) is 3.80. The molecule has 174 valence electrons. The molecule has 2 heterocycles. The van der Waals surface area contributed by atoms with E-state index >= 15 is 0 Å². The van der Waals surface area contributed by atoms with Crippen molar-refractivity contribution in [3.63, 3.8) is 0 Å². The Labute approximate surface area is 198 Å². The normalized spacial score (nSPS) is 13.4. The highest BCUT2D eigenvalue weighted by Crippen LogP contribution is 2.41. The molecule has 34 heavy (non-hydrogen) atoms. The molecule has 1 aliphatic carbocycles. The summed E-state index contributed by atoms with van der Waals surface area (Å²) in [6.45, 7) is 9.87. The lowest BCUT2D eigenvalue weighted by molar-refractivity contribution is -0.117. The lowest BCUT2D eigenvalue weighted by atomic mass is 10.1. The van der Waals surface area contributed by atoms with Crippen molar-refractivity contribution >= 4 is 22.5 Å². The predicted octanol–water partition coefficient (Wildman–Crippen LogP) is 4.64. The summed E-state index contributed by atoms with van der Waals surface area (Å²) in [7, 11) is 0. The van der Waals surface area contributed by atoms with Gasteiger partial charge in [-0.15, -0.1) is 0 Å². The second-order valence-electron chi connectivity index (χ2n) is 9.55. The maximum absolute atomic E-state index is 13.6. The number of fused-ring (bicyclic) bond motifs is 1. The minimum atomic E-state index is -0.315. The van der Waals surface area contributed by atoms with E-state index in [0.29, 0.717) is 11.4 Å². The number of aromatic nitrogens is 4. The van der Waals surface area contributed by atoms with Crippen molar-refractivity contribution in [1.29, 1.82) is 0 Å². The molecule has 0 spiro atoms. The van der Waals surface area contributed by atoms with Gasteiger partial charge in [-0.05, 0) is 70.2 Å². The van der Waals surface area contributed by atoms with E-state index in [0.717, 1.165) is 63.1 Å². The van der Waals surface area contributed by atoms with Gasteiger partial charge in [-0.1, -0.05) is 35.4 Å². The van der Waals surface area contributed by atoms with Crippen LogP contribution in [0.15, 0.2) is 41.3 Å². The molecule has 4 aromatic rings. The number of nitrogens with one attached hydrogen (secondary N) is 1. The Morgan fingerprint density at radius 2 is 1.68 bits per heavy atom. The number of benzene rings is 2. The quantitative estimate of drug-likeness (QED) is 0.475. The van der Waals surface area contributed by atoms with Gasteiger partial charge in [-0.25, -0.2) is 9.36 Å². The first-order valence-electron chi connectivity index (χ1n) is 11.7. The fraction of sp³-hybridized carbons (Fsp3) is 0.333. The first-order valence-corrected chi connectivity index (χ1v) is 11.7. The van der Waals surface area contributed by atoms with Gasteiger partial charge in [-0.3, -0.25) is 9.59 Å². The topological polar surface area (TPSA) is 81.8 Å². The number of anilines is 1. The molecule has 0 saturated heterocycles. The zero-order valence-corrected chi connectivity index (χ0v) is 20.3. The minimum absolute atomic E-state index is 0.153. The summed E-state index contributed by atoms with van der Waals surface area (Å²) in [5.74, 6) is 0.0269. The summed E-state index contributed by atoms with van der Waals surface area (Å²) in [5, 5.41) is 13.0. The molecule has 7 nitrogen and oxygen atoms in total. The summed E-state index contributed by atoms with van der Waals surface area (Å²) in [6, 6.07) is 10.1. The fourth-order valence-corrected chi connectivity index (χ4v) is 4.78. The molecule has 2 aromatic heterocycles. The average Bonchev–Trinajstić information content (AvgIpc) is 3.51. The lowest BCUT2D eigenvalue weighted by Crippen LogP contribution is -2.31. The van der Waals surface area contributed by atoms with Crippen molar-refractivity contribution in [3.8, 4) is 5.69 Å². The molecule has 1 saturated carbocycles. The van der Waals surface area contributed by atoms with Crippen molar-refractivity contribution in [2.24, 2.45) is 0 Å². The van der Waals surface area contributed by atoms with Gasteiger partial charge < -0.3 is 5.32 Å². The number of carbonyl (C=O) groups is 1. The summed E-state index contributed by atoms with van der Waals surface area (Å²) in [4.78, 5) is 26.6. The van der Waals surface area contributed by atoms with Crippen LogP contribution in [0.4, 0.5) is 5.69 Å². The molecule has 0 bridgehead atoms. The molecule has 1 fully saturated rings. The minimum Gasteiger partial charge on any atom is -0.324 e. The summed E-state index contributed by atoms with van der Waals surface area (Å²) < 4.78 is 2.99. The van der Waals surface area contributed by atoms with E-state index in [1.54, 1.807) is 10.9 Å². The van der Waals surface area contributed by atoms with E-state index in [1.807, 2.05) is 58.9 Å². The van der Waals surface area contributed by atoms with Gasteiger partial charge in [0, 0.05) is 17.0 Å². The molecule has 1 N–H and O–H groups in total. The third kappa shape index (κ3) is 3.91. The van der Waals surface area contributed by atoms with Crippen molar-refractivity contribution in [1.82, 2.24) is 19.6 Å². The van der Waals surface area contributed by atoms with E-state index in [9.17, 15) is 9.59 Å². The van der Waals surface area contributed by atoms with E-state index in [1.165, 1.54) is 4.68 Å². The van der Waals surface area contributed by atoms with E-state index in [4.69, 9.17) is 0 Å². The fourth-order valence-electron chi connectivity index (χ4n) is 4.78. The largest absolute Gasteiger partial charge is 0.324 e. The third-order valence-electron chi connectivity index (χ3n) is 6.49. The Kier molecular flexibility index (Phi) is 5.35. The Bertz CT molecular complexity index is 1480. The number of hydrogen-bond acceptors (Lipinski definition) is 4. The van der Waals surface area contributed by atoms with Crippen LogP contribution < -0.4 is 10.9 Å². The molecule has 2 aromatic carbocycles. The number of amides is 1. The van der Waals surface area contributed by atoms with Crippen LogP contribution in [0, 0.1) is 34.6 Å². The van der Waals surface area contributed by atoms with Gasteiger partial charge in [0.2, 0.25) is 5.91 Å². The van der Waals surface area contributed by atoms with Gasteiger partial charge in [0.05, 0.1) is 17.6 Å². The molecule has 1 amide bonds. The van der Waals surface area contributed by atoms with Crippen molar-refractivity contribution < 1.29 is 4.79 Å². The molecular formula is C27H29N5O2. The second-order valence-corrected chi connectivity index (χ2v) is 9.55.